The van der Waals surface area contributed by atoms with Gasteiger partial charge >= 0.3 is 5.97 Å². The van der Waals surface area contributed by atoms with Crippen molar-refractivity contribution in [2.75, 3.05) is 0 Å². The van der Waals surface area contributed by atoms with Gasteiger partial charge in [-0.15, -0.1) is 0 Å². The van der Waals surface area contributed by atoms with E-state index in [0.717, 1.165) is 53.7 Å². The van der Waals surface area contributed by atoms with E-state index in [2.05, 4.69) is 12.1 Å². The number of carboxylic acids is 1. The van der Waals surface area contributed by atoms with Crippen molar-refractivity contribution in [2.24, 2.45) is 5.92 Å². The standard InChI is InChI=1S/C28H27FO3/c1-17-5-11-26(29)25(13-17)21-8-10-23-20(14-21)9-12-27(23)32-22-4-2-3-19(15-22)24(16-28(30)31)18-6-7-18/h2-5,8,10-11,13-15,18,24,27H,6-7,9,12,16H2,1H3,(H,30,31)/t24-,27+/m0/s1. The Labute approximate surface area is 187 Å². The van der Waals surface area contributed by atoms with Crippen LogP contribution in [0.5, 0.6) is 5.75 Å². The molecule has 2 aliphatic rings. The van der Waals surface area contributed by atoms with Gasteiger partial charge in [0.05, 0.1) is 6.42 Å². The highest BCUT2D eigenvalue weighted by atomic mass is 19.1. The molecular formula is C28H27FO3. The minimum atomic E-state index is -0.751. The molecule has 3 aromatic carbocycles. The Morgan fingerprint density at radius 3 is 2.72 bits per heavy atom. The molecule has 0 aromatic heterocycles. The molecule has 0 aliphatic heterocycles. The number of carbonyl (C=O) groups is 1. The predicted molar refractivity (Wildman–Crippen MR) is 122 cm³/mol. The number of ether oxygens (including phenoxy) is 1. The number of rotatable bonds is 7. The molecule has 164 valence electrons. The summed E-state index contributed by atoms with van der Waals surface area (Å²) in [6, 6.07) is 19.3. The van der Waals surface area contributed by atoms with Crippen LogP contribution < -0.4 is 4.74 Å². The fourth-order valence-electron chi connectivity index (χ4n) is 4.95. The van der Waals surface area contributed by atoms with Gasteiger partial charge < -0.3 is 9.84 Å². The van der Waals surface area contributed by atoms with E-state index in [1.54, 1.807) is 6.07 Å². The second-order valence-corrected chi connectivity index (χ2v) is 9.16. The molecule has 0 bridgehead atoms. The molecule has 32 heavy (non-hydrogen) atoms. The third kappa shape index (κ3) is 4.27. The number of fused-ring (bicyclic) bond motifs is 1. The van der Waals surface area contributed by atoms with Crippen LogP contribution in [0.15, 0.2) is 60.7 Å². The summed E-state index contributed by atoms with van der Waals surface area (Å²) < 4.78 is 20.7. The van der Waals surface area contributed by atoms with Crippen molar-refractivity contribution in [3.63, 3.8) is 0 Å². The minimum absolute atomic E-state index is 0.0458. The number of halogens is 1. The molecule has 0 unspecified atom stereocenters. The van der Waals surface area contributed by atoms with E-state index < -0.39 is 5.97 Å². The molecule has 2 atom stereocenters. The molecule has 1 fully saturated rings. The molecule has 3 aromatic rings. The number of aryl methyl sites for hydroxylation is 2. The Morgan fingerprint density at radius 2 is 1.94 bits per heavy atom. The highest BCUT2D eigenvalue weighted by Gasteiger charge is 2.34. The molecule has 4 heteroatoms. The van der Waals surface area contributed by atoms with Gasteiger partial charge in [0, 0.05) is 5.56 Å². The number of benzene rings is 3. The number of hydrogen-bond acceptors (Lipinski definition) is 2. The lowest BCUT2D eigenvalue weighted by Gasteiger charge is -2.19. The van der Waals surface area contributed by atoms with Gasteiger partial charge in [-0.05, 0) is 91.0 Å². The van der Waals surface area contributed by atoms with E-state index in [-0.39, 0.29) is 24.3 Å². The molecule has 1 saturated carbocycles. The average Bonchev–Trinajstić information content (AvgIpc) is 3.55. The number of carboxylic acid groups (broad SMARTS) is 1. The predicted octanol–water partition coefficient (Wildman–Crippen LogP) is 6.84. The minimum Gasteiger partial charge on any atom is -0.486 e. The molecule has 3 nitrogen and oxygen atoms in total. The average molecular weight is 431 g/mol. The van der Waals surface area contributed by atoms with Gasteiger partial charge in [0.15, 0.2) is 0 Å². The normalized spacial score (nSPS) is 18.2. The summed E-state index contributed by atoms with van der Waals surface area (Å²) in [5, 5.41) is 9.31. The molecule has 1 N–H and O–H groups in total. The van der Waals surface area contributed by atoms with Crippen molar-refractivity contribution < 1.29 is 19.0 Å². The highest BCUT2D eigenvalue weighted by molar-refractivity contribution is 5.68. The van der Waals surface area contributed by atoms with Crippen LogP contribution in [-0.2, 0) is 11.2 Å². The summed E-state index contributed by atoms with van der Waals surface area (Å²) in [6.45, 7) is 1.97. The second kappa shape index (κ2) is 8.42. The van der Waals surface area contributed by atoms with Gasteiger partial charge in [-0.2, -0.15) is 0 Å². The molecule has 2 aliphatic carbocycles. The zero-order chi connectivity index (χ0) is 22.2. The summed E-state index contributed by atoms with van der Waals surface area (Å²) in [7, 11) is 0. The van der Waals surface area contributed by atoms with Gasteiger partial charge in [0.2, 0.25) is 0 Å². The smallest absolute Gasteiger partial charge is 0.303 e. The van der Waals surface area contributed by atoms with E-state index in [1.807, 2.05) is 43.3 Å². The summed E-state index contributed by atoms with van der Waals surface area (Å²) in [4.78, 5) is 11.3. The third-order valence-corrected chi connectivity index (χ3v) is 6.75. The number of hydrogen-bond donors (Lipinski definition) is 1. The third-order valence-electron chi connectivity index (χ3n) is 6.75. The van der Waals surface area contributed by atoms with E-state index in [9.17, 15) is 14.3 Å². The summed E-state index contributed by atoms with van der Waals surface area (Å²) in [5.74, 6) is 0.349. The Hall–Kier alpha value is -3.14. The zero-order valence-corrected chi connectivity index (χ0v) is 18.2. The molecule has 0 radical (unpaired) electrons. The van der Waals surface area contributed by atoms with Crippen LogP contribution in [0, 0.1) is 18.7 Å². The summed E-state index contributed by atoms with van der Waals surface area (Å²) >= 11 is 0. The van der Waals surface area contributed by atoms with E-state index >= 15 is 0 Å². The van der Waals surface area contributed by atoms with Crippen LogP contribution >= 0.6 is 0 Å². The van der Waals surface area contributed by atoms with Crippen LogP contribution in [0.3, 0.4) is 0 Å². The largest absolute Gasteiger partial charge is 0.486 e. The second-order valence-electron chi connectivity index (χ2n) is 9.16. The maximum atomic E-state index is 14.4. The van der Waals surface area contributed by atoms with E-state index in [0.29, 0.717) is 11.5 Å². The first-order valence-electron chi connectivity index (χ1n) is 11.4. The lowest BCUT2D eigenvalue weighted by atomic mass is 9.91. The van der Waals surface area contributed by atoms with E-state index in [1.165, 1.54) is 11.6 Å². The first-order chi connectivity index (χ1) is 15.5. The van der Waals surface area contributed by atoms with Gasteiger partial charge in [0.1, 0.15) is 17.7 Å². The van der Waals surface area contributed by atoms with Gasteiger partial charge in [0.25, 0.3) is 0 Å². The van der Waals surface area contributed by atoms with Crippen molar-refractivity contribution in [3.05, 3.63) is 88.7 Å². The molecule has 0 saturated heterocycles. The zero-order valence-electron chi connectivity index (χ0n) is 18.2. The van der Waals surface area contributed by atoms with Gasteiger partial charge in [-0.25, -0.2) is 4.39 Å². The lowest BCUT2D eigenvalue weighted by Crippen LogP contribution is -2.09. The fraction of sp³-hybridized carbons (Fsp3) is 0.321. The SMILES string of the molecule is Cc1ccc(F)c(-c2ccc3c(c2)CC[C@H]3Oc2cccc([C@@H](CC(=O)O)C3CC3)c2)c1. The highest BCUT2D eigenvalue weighted by Crippen LogP contribution is 2.45. The number of aliphatic carboxylic acids is 1. The summed E-state index contributed by atoms with van der Waals surface area (Å²) in [5.41, 5.74) is 5.97. The maximum absolute atomic E-state index is 14.4. The fourth-order valence-corrected chi connectivity index (χ4v) is 4.95. The first-order valence-corrected chi connectivity index (χ1v) is 11.4. The van der Waals surface area contributed by atoms with E-state index in [4.69, 9.17) is 4.74 Å². The van der Waals surface area contributed by atoms with Crippen molar-refractivity contribution in [1.29, 1.82) is 0 Å². The van der Waals surface area contributed by atoms with Gasteiger partial charge in [-0.3, -0.25) is 4.79 Å². The van der Waals surface area contributed by atoms with Crippen LogP contribution in [0.2, 0.25) is 0 Å². The van der Waals surface area contributed by atoms with Crippen molar-refractivity contribution >= 4 is 5.97 Å². The molecular weight excluding hydrogens is 403 g/mol. The maximum Gasteiger partial charge on any atom is 0.303 e. The quantitative estimate of drug-likeness (QED) is 0.447. The molecule has 0 spiro atoms. The Morgan fingerprint density at radius 1 is 1.09 bits per heavy atom. The van der Waals surface area contributed by atoms with Crippen LogP contribution in [-0.4, -0.2) is 11.1 Å². The molecule has 5 rings (SSSR count). The Bertz CT molecular complexity index is 1170. The first kappa shape index (κ1) is 20.7. The van der Waals surface area contributed by atoms with Crippen LogP contribution in [0.4, 0.5) is 4.39 Å². The molecule has 0 heterocycles. The Kier molecular flexibility index (Phi) is 5.46. The van der Waals surface area contributed by atoms with Crippen molar-refractivity contribution in [3.8, 4) is 16.9 Å². The van der Waals surface area contributed by atoms with Crippen molar-refractivity contribution in [1.82, 2.24) is 0 Å². The Balaban J connectivity index is 1.36. The lowest BCUT2D eigenvalue weighted by molar-refractivity contribution is -0.137. The topological polar surface area (TPSA) is 46.5 Å². The van der Waals surface area contributed by atoms with Gasteiger partial charge in [-0.1, -0.05) is 42.0 Å². The van der Waals surface area contributed by atoms with Crippen LogP contribution in [0.25, 0.3) is 11.1 Å². The monoisotopic (exact) mass is 430 g/mol. The van der Waals surface area contributed by atoms with Crippen LogP contribution in [0.1, 0.15) is 60.0 Å². The summed E-state index contributed by atoms with van der Waals surface area (Å²) in [6.07, 6.45) is 4.09. The molecule has 0 amide bonds. The van der Waals surface area contributed by atoms with Crippen molar-refractivity contribution in [2.45, 2.75) is 51.0 Å².